The summed E-state index contributed by atoms with van der Waals surface area (Å²) in [6.45, 7) is 4.28. The third-order valence-electron chi connectivity index (χ3n) is 2.91. The van der Waals surface area contributed by atoms with Crippen LogP contribution in [0, 0.1) is 0 Å². The topological polar surface area (TPSA) is 124 Å². The van der Waals surface area contributed by atoms with E-state index in [0.29, 0.717) is 0 Å². The Balaban J connectivity index is 5.42. The van der Waals surface area contributed by atoms with Crippen LogP contribution in [0.1, 0.15) is 27.7 Å². The molecule has 18 heavy (non-hydrogen) atoms. The van der Waals surface area contributed by atoms with Crippen molar-refractivity contribution >= 4 is 12.3 Å². The van der Waals surface area contributed by atoms with Crippen LogP contribution in [0.3, 0.4) is 0 Å². The number of aliphatic hydroxyl groups excluding tert-OH is 2. The number of carbonyl (C=O) groups is 2. The number of hydrogen-bond donors (Lipinski definition) is 4. The summed E-state index contributed by atoms with van der Waals surface area (Å²) in [6.07, 6.45) is -4.58. The Morgan fingerprint density at radius 1 is 1.28 bits per heavy atom. The molecule has 0 aliphatic carbocycles. The van der Waals surface area contributed by atoms with Crippen molar-refractivity contribution in [3.8, 4) is 0 Å². The quantitative estimate of drug-likeness (QED) is 0.335. The van der Waals surface area contributed by atoms with Gasteiger partial charge in [-0.15, -0.1) is 0 Å². The van der Waals surface area contributed by atoms with Crippen LogP contribution in [0.2, 0.25) is 0 Å². The molecule has 0 heterocycles. The van der Waals surface area contributed by atoms with Gasteiger partial charge in [0.15, 0.2) is 12.4 Å². The van der Waals surface area contributed by atoms with E-state index >= 15 is 0 Å². The highest BCUT2D eigenvalue weighted by Gasteiger charge is 2.53. The normalized spacial score (nSPS) is 23.1. The summed E-state index contributed by atoms with van der Waals surface area (Å²) < 4.78 is 4.71. The first-order valence-corrected chi connectivity index (χ1v) is 5.41. The Bertz CT molecular complexity index is 309. The molecular formula is C11H20O7. The van der Waals surface area contributed by atoms with Gasteiger partial charge < -0.3 is 30.0 Å². The Morgan fingerprint density at radius 3 is 2.00 bits per heavy atom. The lowest BCUT2D eigenvalue weighted by molar-refractivity contribution is -0.223. The van der Waals surface area contributed by atoms with Crippen molar-refractivity contribution in [2.75, 3.05) is 0 Å². The lowest BCUT2D eigenvalue weighted by Gasteiger charge is -2.42. The summed E-state index contributed by atoms with van der Waals surface area (Å²) in [5.74, 6) is -0.832. The molecule has 0 rings (SSSR count). The fraction of sp³-hybridized carbons (Fsp3) is 0.818. The number of aliphatic hydroxyl groups is 4. The van der Waals surface area contributed by atoms with Crippen LogP contribution in [0.15, 0.2) is 0 Å². The minimum Gasteiger partial charge on any atom is -0.456 e. The van der Waals surface area contributed by atoms with E-state index in [0.717, 1.165) is 20.8 Å². The zero-order chi connectivity index (χ0) is 14.7. The SMILES string of the molecule is CC(=O)O[C@H]([C@H](O)C(C)O)[C@](C)(O)[C@@](C)(O)C=O. The number of carbonyl (C=O) groups excluding carboxylic acids is 2. The molecule has 0 aromatic carbocycles. The fourth-order valence-corrected chi connectivity index (χ4v) is 1.36. The van der Waals surface area contributed by atoms with E-state index < -0.39 is 35.5 Å². The first-order chi connectivity index (χ1) is 7.97. The van der Waals surface area contributed by atoms with Crippen molar-refractivity contribution in [3.05, 3.63) is 0 Å². The Morgan fingerprint density at radius 2 is 1.72 bits per heavy atom. The summed E-state index contributed by atoms with van der Waals surface area (Å²) in [6, 6.07) is 0. The summed E-state index contributed by atoms with van der Waals surface area (Å²) in [4.78, 5) is 21.7. The second-order valence-corrected chi connectivity index (χ2v) is 4.67. The summed E-state index contributed by atoms with van der Waals surface area (Å²) in [5, 5.41) is 38.9. The van der Waals surface area contributed by atoms with Crippen molar-refractivity contribution < 1.29 is 34.8 Å². The van der Waals surface area contributed by atoms with Crippen LogP contribution in [0.5, 0.6) is 0 Å². The van der Waals surface area contributed by atoms with Crippen molar-refractivity contribution in [1.82, 2.24) is 0 Å². The molecule has 4 N–H and O–H groups in total. The average molecular weight is 264 g/mol. The van der Waals surface area contributed by atoms with Gasteiger partial charge in [0.1, 0.15) is 17.3 Å². The van der Waals surface area contributed by atoms with Crippen LogP contribution < -0.4 is 0 Å². The van der Waals surface area contributed by atoms with Crippen LogP contribution in [-0.4, -0.2) is 62.2 Å². The molecule has 0 aliphatic heterocycles. The molecule has 0 saturated carbocycles. The van der Waals surface area contributed by atoms with E-state index in [9.17, 15) is 30.0 Å². The van der Waals surface area contributed by atoms with Gasteiger partial charge in [-0.2, -0.15) is 0 Å². The minimum atomic E-state index is -2.27. The van der Waals surface area contributed by atoms with Gasteiger partial charge in [-0.3, -0.25) is 4.79 Å². The average Bonchev–Trinajstić information content (AvgIpc) is 2.23. The molecule has 0 bridgehead atoms. The smallest absolute Gasteiger partial charge is 0.303 e. The maximum absolute atomic E-state index is 10.9. The number of aldehydes is 1. The van der Waals surface area contributed by atoms with E-state index in [2.05, 4.69) is 0 Å². The largest absolute Gasteiger partial charge is 0.456 e. The lowest BCUT2D eigenvalue weighted by Crippen LogP contribution is -2.64. The highest BCUT2D eigenvalue weighted by molar-refractivity contribution is 5.67. The predicted molar refractivity (Wildman–Crippen MR) is 60.6 cm³/mol. The van der Waals surface area contributed by atoms with Gasteiger partial charge in [0.2, 0.25) is 0 Å². The molecule has 0 radical (unpaired) electrons. The zero-order valence-corrected chi connectivity index (χ0v) is 10.8. The minimum absolute atomic E-state index is 0.0677. The lowest BCUT2D eigenvalue weighted by atomic mass is 9.79. The summed E-state index contributed by atoms with van der Waals surface area (Å²) >= 11 is 0. The molecule has 106 valence electrons. The molecular weight excluding hydrogens is 244 g/mol. The Hall–Kier alpha value is -1.02. The van der Waals surface area contributed by atoms with E-state index in [-0.39, 0.29) is 6.29 Å². The van der Waals surface area contributed by atoms with Crippen LogP contribution >= 0.6 is 0 Å². The molecule has 1 unspecified atom stereocenters. The first kappa shape index (κ1) is 17.0. The molecule has 0 aliphatic rings. The number of esters is 1. The summed E-state index contributed by atoms with van der Waals surface area (Å²) in [7, 11) is 0. The maximum Gasteiger partial charge on any atom is 0.303 e. The fourth-order valence-electron chi connectivity index (χ4n) is 1.36. The number of hydrogen-bond acceptors (Lipinski definition) is 7. The molecule has 7 heteroatoms. The van der Waals surface area contributed by atoms with Gasteiger partial charge in [-0.25, -0.2) is 0 Å². The van der Waals surface area contributed by atoms with Gasteiger partial charge >= 0.3 is 5.97 Å². The molecule has 0 aromatic rings. The Labute approximate surface area is 105 Å². The molecule has 0 aromatic heterocycles. The van der Waals surface area contributed by atoms with Gasteiger partial charge in [0.05, 0.1) is 6.10 Å². The van der Waals surface area contributed by atoms with Gasteiger partial charge in [0.25, 0.3) is 0 Å². The third kappa shape index (κ3) is 3.49. The molecule has 0 fully saturated rings. The number of rotatable bonds is 6. The second-order valence-electron chi connectivity index (χ2n) is 4.67. The van der Waals surface area contributed by atoms with Gasteiger partial charge in [-0.1, -0.05) is 0 Å². The first-order valence-electron chi connectivity index (χ1n) is 5.41. The van der Waals surface area contributed by atoms with E-state index in [4.69, 9.17) is 4.74 Å². The van der Waals surface area contributed by atoms with Gasteiger partial charge in [0, 0.05) is 6.92 Å². The third-order valence-corrected chi connectivity index (χ3v) is 2.91. The van der Waals surface area contributed by atoms with Crippen molar-refractivity contribution in [3.63, 3.8) is 0 Å². The predicted octanol–water partition coefficient (Wildman–Crippen LogP) is -1.64. The highest BCUT2D eigenvalue weighted by Crippen LogP contribution is 2.29. The summed E-state index contributed by atoms with van der Waals surface area (Å²) in [5.41, 5.74) is -4.53. The Kier molecular flexibility index (Phi) is 5.42. The van der Waals surface area contributed by atoms with Crippen LogP contribution in [-0.2, 0) is 14.3 Å². The molecule has 0 spiro atoms. The van der Waals surface area contributed by atoms with Crippen LogP contribution in [0.25, 0.3) is 0 Å². The van der Waals surface area contributed by atoms with Gasteiger partial charge in [-0.05, 0) is 20.8 Å². The maximum atomic E-state index is 10.9. The van der Waals surface area contributed by atoms with Crippen molar-refractivity contribution in [2.24, 2.45) is 0 Å². The molecule has 0 amide bonds. The van der Waals surface area contributed by atoms with Crippen molar-refractivity contribution in [2.45, 2.75) is 57.2 Å². The van der Waals surface area contributed by atoms with E-state index in [1.54, 1.807) is 0 Å². The van der Waals surface area contributed by atoms with E-state index in [1.165, 1.54) is 6.92 Å². The highest BCUT2D eigenvalue weighted by atomic mass is 16.6. The monoisotopic (exact) mass is 264 g/mol. The molecule has 7 nitrogen and oxygen atoms in total. The number of ether oxygens (including phenoxy) is 1. The standard InChI is InChI=1S/C11H20O7/c1-6(13)8(15)9(18-7(2)14)11(4,17)10(3,16)5-12/h5-6,8-9,13,15-17H,1-4H3/t6?,8-,9-,10+,11+/m1/s1. The zero-order valence-electron chi connectivity index (χ0n) is 10.8. The second kappa shape index (κ2) is 5.75. The van der Waals surface area contributed by atoms with Crippen molar-refractivity contribution in [1.29, 1.82) is 0 Å². The van der Waals surface area contributed by atoms with Crippen LogP contribution in [0.4, 0.5) is 0 Å². The van der Waals surface area contributed by atoms with E-state index in [1.807, 2.05) is 0 Å². The molecule has 5 atom stereocenters. The molecule has 0 saturated heterocycles.